The minimum absolute atomic E-state index is 0.208. The molecule has 1 saturated heterocycles. The van der Waals surface area contributed by atoms with Crippen LogP contribution in [-0.2, 0) is 4.79 Å². The van der Waals surface area contributed by atoms with Gasteiger partial charge in [0.1, 0.15) is 0 Å². The molecule has 0 radical (unpaired) electrons. The Labute approximate surface area is 124 Å². The molecule has 21 heavy (non-hydrogen) atoms. The highest BCUT2D eigenvalue weighted by Crippen LogP contribution is 2.08. The summed E-state index contributed by atoms with van der Waals surface area (Å²) in [7, 11) is 1.94. The van der Waals surface area contributed by atoms with Crippen molar-refractivity contribution in [3.8, 4) is 0 Å². The number of likely N-dealkylation sites (N-methyl/N-ethyl adjacent to an activating group) is 1. The monoisotopic (exact) mass is 290 g/mol. The Kier molecular flexibility index (Phi) is 5.71. The first-order chi connectivity index (χ1) is 10.2. The molecule has 2 rings (SSSR count). The van der Waals surface area contributed by atoms with Gasteiger partial charge in [-0.05, 0) is 45.1 Å². The first-order valence-corrected chi connectivity index (χ1v) is 7.22. The lowest BCUT2D eigenvalue weighted by Crippen LogP contribution is -2.49. The van der Waals surface area contributed by atoms with E-state index >= 15 is 0 Å². The Morgan fingerprint density at radius 3 is 2.52 bits per heavy atom. The molecule has 0 aliphatic carbocycles. The minimum atomic E-state index is -0.312. The maximum Gasteiger partial charge on any atom is 0.269 e. The van der Waals surface area contributed by atoms with E-state index < -0.39 is 0 Å². The molecule has 1 aliphatic rings. The van der Waals surface area contributed by atoms with Gasteiger partial charge in [-0.1, -0.05) is 18.2 Å². The highest BCUT2D eigenvalue weighted by molar-refractivity contribution is 5.95. The van der Waals surface area contributed by atoms with Gasteiger partial charge in [0.05, 0.1) is 6.54 Å². The average Bonchev–Trinajstić information content (AvgIpc) is 2.54. The first-order valence-electron chi connectivity index (χ1n) is 7.22. The van der Waals surface area contributed by atoms with Gasteiger partial charge in [-0.15, -0.1) is 0 Å². The van der Waals surface area contributed by atoms with E-state index in [-0.39, 0.29) is 18.4 Å². The molecule has 1 fully saturated rings. The van der Waals surface area contributed by atoms with Crippen LogP contribution in [0.4, 0.5) is 0 Å². The molecule has 0 bridgehead atoms. The van der Waals surface area contributed by atoms with Gasteiger partial charge in [0, 0.05) is 11.6 Å². The number of nitrogens with one attached hydrogen (secondary N) is 3. The second kappa shape index (κ2) is 7.75. The Morgan fingerprint density at radius 2 is 1.86 bits per heavy atom. The number of piperidine rings is 1. The first kappa shape index (κ1) is 15.5. The predicted molar refractivity (Wildman–Crippen MR) is 80.6 cm³/mol. The van der Waals surface area contributed by atoms with E-state index in [1.165, 1.54) is 0 Å². The summed E-state index contributed by atoms with van der Waals surface area (Å²) in [4.78, 5) is 25.7. The van der Waals surface area contributed by atoms with Crippen molar-refractivity contribution >= 4 is 11.8 Å². The van der Waals surface area contributed by atoms with Crippen LogP contribution in [0.1, 0.15) is 23.2 Å². The maximum atomic E-state index is 11.8. The van der Waals surface area contributed by atoms with Crippen LogP contribution in [0.15, 0.2) is 30.3 Å². The molecule has 6 nitrogen and oxygen atoms in total. The number of benzene rings is 1. The molecule has 1 aromatic carbocycles. The Morgan fingerprint density at radius 1 is 1.19 bits per heavy atom. The Bertz CT molecular complexity index is 472. The van der Waals surface area contributed by atoms with Gasteiger partial charge >= 0.3 is 0 Å². The van der Waals surface area contributed by atoms with Gasteiger partial charge in [0.15, 0.2) is 0 Å². The number of amides is 2. The van der Waals surface area contributed by atoms with Crippen molar-refractivity contribution in [3.05, 3.63) is 35.9 Å². The standard InChI is InChI=1S/C15H22N4O2/c1-19(13-7-9-16-10-8-13)11-14(20)17-18-15(21)12-5-3-2-4-6-12/h2-6,13,16H,7-11H2,1H3,(H,17,20)(H,18,21). The van der Waals surface area contributed by atoms with E-state index in [4.69, 9.17) is 0 Å². The maximum absolute atomic E-state index is 11.8. The van der Waals surface area contributed by atoms with Gasteiger partial charge in [-0.25, -0.2) is 0 Å². The minimum Gasteiger partial charge on any atom is -0.317 e. The molecule has 3 N–H and O–H groups in total. The molecule has 0 atom stereocenters. The number of hydrogen-bond donors (Lipinski definition) is 3. The SMILES string of the molecule is CN(CC(=O)NNC(=O)c1ccccc1)C1CCNCC1. The summed E-state index contributed by atoms with van der Waals surface area (Å²) in [6, 6.07) is 9.21. The quantitative estimate of drug-likeness (QED) is 0.689. The van der Waals surface area contributed by atoms with Crippen molar-refractivity contribution in [2.45, 2.75) is 18.9 Å². The van der Waals surface area contributed by atoms with E-state index in [1.54, 1.807) is 24.3 Å². The zero-order valence-electron chi connectivity index (χ0n) is 12.3. The number of hydrogen-bond acceptors (Lipinski definition) is 4. The van der Waals surface area contributed by atoms with Crippen molar-refractivity contribution in [3.63, 3.8) is 0 Å². The molecule has 6 heteroatoms. The van der Waals surface area contributed by atoms with Crippen LogP contribution >= 0.6 is 0 Å². The third kappa shape index (κ3) is 4.84. The van der Waals surface area contributed by atoms with E-state index in [2.05, 4.69) is 16.2 Å². The second-order valence-corrected chi connectivity index (χ2v) is 5.26. The van der Waals surface area contributed by atoms with Crippen molar-refractivity contribution < 1.29 is 9.59 Å². The zero-order valence-corrected chi connectivity index (χ0v) is 12.3. The highest BCUT2D eigenvalue weighted by atomic mass is 16.2. The normalized spacial score (nSPS) is 15.7. The van der Waals surface area contributed by atoms with Crippen LogP contribution < -0.4 is 16.2 Å². The van der Waals surface area contributed by atoms with Crippen LogP contribution in [0.25, 0.3) is 0 Å². The predicted octanol–water partition coefficient (Wildman–Crippen LogP) is 0.131. The topological polar surface area (TPSA) is 73.5 Å². The van der Waals surface area contributed by atoms with Crippen LogP contribution in [0.2, 0.25) is 0 Å². The fourth-order valence-electron chi connectivity index (χ4n) is 2.43. The smallest absolute Gasteiger partial charge is 0.269 e. The summed E-state index contributed by atoms with van der Waals surface area (Å²) in [6.45, 7) is 2.25. The molecule has 2 amide bonds. The molecule has 0 spiro atoms. The summed E-state index contributed by atoms with van der Waals surface area (Å²) in [6.07, 6.45) is 2.08. The lowest BCUT2D eigenvalue weighted by atomic mass is 10.1. The summed E-state index contributed by atoms with van der Waals surface area (Å²) in [5.41, 5.74) is 5.40. The molecule has 114 valence electrons. The molecule has 1 aliphatic heterocycles. The van der Waals surface area contributed by atoms with Crippen molar-refractivity contribution in [2.75, 3.05) is 26.7 Å². The van der Waals surface area contributed by atoms with Crippen molar-refractivity contribution in [1.29, 1.82) is 0 Å². The van der Waals surface area contributed by atoms with Crippen molar-refractivity contribution in [1.82, 2.24) is 21.1 Å². The number of rotatable bonds is 4. The Balaban J connectivity index is 1.73. The molecular formula is C15H22N4O2. The van der Waals surface area contributed by atoms with Gasteiger partial charge in [0.25, 0.3) is 11.8 Å². The summed E-state index contributed by atoms with van der Waals surface area (Å²) in [5.74, 6) is -0.520. The largest absolute Gasteiger partial charge is 0.317 e. The lowest BCUT2D eigenvalue weighted by Gasteiger charge is -2.31. The zero-order chi connectivity index (χ0) is 15.1. The summed E-state index contributed by atoms with van der Waals surface area (Å²) in [5, 5.41) is 3.30. The molecular weight excluding hydrogens is 268 g/mol. The lowest BCUT2D eigenvalue weighted by molar-refractivity contribution is -0.123. The third-order valence-electron chi connectivity index (χ3n) is 3.68. The van der Waals surface area contributed by atoms with Crippen LogP contribution in [0.3, 0.4) is 0 Å². The van der Waals surface area contributed by atoms with Crippen molar-refractivity contribution in [2.24, 2.45) is 0 Å². The van der Waals surface area contributed by atoms with E-state index in [0.717, 1.165) is 25.9 Å². The van der Waals surface area contributed by atoms with Gasteiger partial charge in [0.2, 0.25) is 0 Å². The number of nitrogens with zero attached hydrogens (tertiary/aromatic N) is 1. The van der Waals surface area contributed by atoms with Crippen LogP contribution in [0.5, 0.6) is 0 Å². The van der Waals surface area contributed by atoms with Gasteiger partial charge in [-0.2, -0.15) is 0 Å². The summed E-state index contributed by atoms with van der Waals surface area (Å²) >= 11 is 0. The second-order valence-electron chi connectivity index (χ2n) is 5.26. The Hall–Kier alpha value is -1.92. The van der Waals surface area contributed by atoms with E-state index in [0.29, 0.717) is 11.6 Å². The number of carbonyl (C=O) groups is 2. The molecule has 0 aromatic heterocycles. The van der Waals surface area contributed by atoms with Gasteiger partial charge in [-0.3, -0.25) is 25.3 Å². The number of carbonyl (C=O) groups excluding carboxylic acids is 2. The average molecular weight is 290 g/mol. The van der Waals surface area contributed by atoms with Crippen LogP contribution in [-0.4, -0.2) is 49.4 Å². The van der Waals surface area contributed by atoms with Crippen LogP contribution in [0, 0.1) is 0 Å². The number of hydrazine groups is 1. The molecule has 0 unspecified atom stereocenters. The third-order valence-corrected chi connectivity index (χ3v) is 3.68. The highest BCUT2D eigenvalue weighted by Gasteiger charge is 2.19. The van der Waals surface area contributed by atoms with E-state index in [1.807, 2.05) is 18.0 Å². The molecule has 0 saturated carbocycles. The molecule has 1 heterocycles. The van der Waals surface area contributed by atoms with E-state index in [9.17, 15) is 9.59 Å². The van der Waals surface area contributed by atoms with Gasteiger partial charge < -0.3 is 5.32 Å². The fraction of sp³-hybridized carbons (Fsp3) is 0.467. The fourth-order valence-corrected chi connectivity index (χ4v) is 2.43. The summed E-state index contributed by atoms with van der Waals surface area (Å²) < 4.78 is 0. The molecule has 1 aromatic rings.